The van der Waals surface area contributed by atoms with Gasteiger partial charge < -0.3 is 18.9 Å². The van der Waals surface area contributed by atoms with Gasteiger partial charge in [0.1, 0.15) is 0 Å². The average Bonchev–Trinajstić information content (AvgIpc) is 3.39. The van der Waals surface area contributed by atoms with Gasteiger partial charge in [-0.25, -0.2) is 4.98 Å². The summed E-state index contributed by atoms with van der Waals surface area (Å²) in [5.41, 5.74) is 0.422. The Bertz CT molecular complexity index is 1180. The third-order valence-corrected chi connectivity index (χ3v) is 5.93. The second-order valence-corrected chi connectivity index (χ2v) is 8.08. The molecule has 10 heteroatoms. The summed E-state index contributed by atoms with van der Waals surface area (Å²) in [6, 6.07) is 6.42. The Morgan fingerprint density at radius 3 is 2.66 bits per heavy atom. The van der Waals surface area contributed by atoms with E-state index in [2.05, 4.69) is 10.1 Å². The van der Waals surface area contributed by atoms with Crippen LogP contribution in [-0.4, -0.2) is 40.8 Å². The summed E-state index contributed by atoms with van der Waals surface area (Å²) in [4.78, 5) is 18.6. The molecule has 0 bridgehead atoms. The van der Waals surface area contributed by atoms with Crippen LogP contribution < -0.4 is 9.47 Å². The number of hydrogen-bond donors (Lipinski definition) is 0. The molecule has 0 spiro atoms. The molecule has 7 nitrogen and oxygen atoms in total. The van der Waals surface area contributed by atoms with Gasteiger partial charge in [0.15, 0.2) is 11.5 Å². The molecule has 0 radical (unpaired) electrons. The van der Waals surface area contributed by atoms with Crippen molar-refractivity contribution in [2.75, 3.05) is 19.9 Å². The molecule has 4 heterocycles. The molecule has 1 amide bonds. The Hall–Kier alpha value is -3.30. The molecule has 2 aliphatic rings. The van der Waals surface area contributed by atoms with E-state index in [0.717, 1.165) is 11.6 Å². The number of rotatable bonds is 3. The number of alkyl halides is 3. The minimum Gasteiger partial charge on any atom is -0.454 e. The molecule has 0 unspecified atom stereocenters. The minimum atomic E-state index is -4.53. The number of nitrogens with zero attached hydrogens (tertiary/aromatic N) is 3. The van der Waals surface area contributed by atoms with Crippen molar-refractivity contribution in [3.05, 3.63) is 46.8 Å². The van der Waals surface area contributed by atoms with Crippen LogP contribution >= 0.6 is 0 Å². The number of piperidine rings is 1. The summed E-state index contributed by atoms with van der Waals surface area (Å²) in [5.74, 6) is 0.998. The van der Waals surface area contributed by atoms with Crippen LogP contribution in [0.4, 0.5) is 13.2 Å². The molecular weight excluding hydrogens is 427 g/mol. The third-order valence-electron chi connectivity index (χ3n) is 5.93. The lowest BCUT2D eigenvalue weighted by Crippen LogP contribution is -2.38. The van der Waals surface area contributed by atoms with E-state index in [1.165, 1.54) is 6.92 Å². The van der Waals surface area contributed by atoms with Crippen LogP contribution in [0.1, 0.15) is 41.3 Å². The number of halogens is 3. The van der Waals surface area contributed by atoms with Gasteiger partial charge in [-0.3, -0.25) is 4.79 Å². The van der Waals surface area contributed by atoms with Crippen molar-refractivity contribution < 1.29 is 32.0 Å². The number of aromatic nitrogens is 2. The summed E-state index contributed by atoms with van der Waals surface area (Å²) < 4.78 is 56.6. The van der Waals surface area contributed by atoms with Gasteiger partial charge in [0.05, 0.1) is 23.1 Å². The number of fused-ring (bicyclic) bond motifs is 2. The summed E-state index contributed by atoms with van der Waals surface area (Å²) in [7, 11) is 0. The largest absolute Gasteiger partial charge is 0.454 e. The Kier molecular flexibility index (Phi) is 4.94. The predicted octanol–water partition coefficient (Wildman–Crippen LogP) is 4.23. The molecule has 0 saturated carbocycles. The van der Waals surface area contributed by atoms with Crippen molar-refractivity contribution in [2.45, 2.75) is 38.3 Å². The standard InChI is InChI=1S/C22H20F3N3O4/c1-12-8-15(22(23,24)25)19-20(27-32-21(19)26-12)14-4-6-28(7-5-14)18(29)10-13-2-3-16-17(9-13)31-11-30-16/h2-3,8-9,14H,4-7,10-11H2,1H3. The summed E-state index contributed by atoms with van der Waals surface area (Å²) in [5, 5.41) is 3.86. The maximum atomic E-state index is 13.6. The zero-order valence-electron chi connectivity index (χ0n) is 17.2. The molecule has 2 aliphatic heterocycles. The molecule has 1 saturated heterocycles. The topological polar surface area (TPSA) is 77.7 Å². The van der Waals surface area contributed by atoms with Crippen LogP contribution in [0.15, 0.2) is 28.8 Å². The highest BCUT2D eigenvalue weighted by Gasteiger charge is 2.37. The van der Waals surface area contributed by atoms with Crippen LogP contribution in [0.2, 0.25) is 0 Å². The molecule has 1 fully saturated rings. The van der Waals surface area contributed by atoms with Crippen LogP contribution in [0, 0.1) is 6.92 Å². The fourth-order valence-corrected chi connectivity index (χ4v) is 4.34. The second-order valence-electron chi connectivity index (χ2n) is 8.08. The van der Waals surface area contributed by atoms with Crippen molar-refractivity contribution in [3.63, 3.8) is 0 Å². The summed E-state index contributed by atoms with van der Waals surface area (Å²) >= 11 is 0. The van der Waals surface area contributed by atoms with E-state index < -0.39 is 11.7 Å². The quantitative estimate of drug-likeness (QED) is 0.598. The SMILES string of the molecule is Cc1cc(C(F)(F)F)c2c(C3CCN(C(=O)Cc4ccc5c(c4)OCO5)CC3)noc2n1. The Balaban J connectivity index is 1.30. The highest BCUT2D eigenvalue weighted by molar-refractivity contribution is 5.82. The Labute approximate surface area is 181 Å². The minimum absolute atomic E-state index is 0.0411. The monoisotopic (exact) mass is 447 g/mol. The van der Waals surface area contributed by atoms with Crippen LogP contribution in [0.5, 0.6) is 11.5 Å². The van der Waals surface area contributed by atoms with E-state index in [1.54, 1.807) is 17.0 Å². The highest BCUT2D eigenvalue weighted by Crippen LogP contribution is 2.40. The predicted molar refractivity (Wildman–Crippen MR) is 106 cm³/mol. The summed E-state index contributed by atoms with van der Waals surface area (Å²) in [6.07, 6.45) is -3.32. The van der Waals surface area contributed by atoms with Crippen molar-refractivity contribution >= 4 is 17.0 Å². The van der Waals surface area contributed by atoms with Gasteiger partial charge in [-0.1, -0.05) is 11.2 Å². The first-order chi connectivity index (χ1) is 15.3. The number of aryl methyl sites for hydroxylation is 1. The van der Waals surface area contributed by atoms with Crippen molar-refractivity contribution in [3.8, 4) is 11.5 Å². The van der Waals surface area contributed by atoms with E-state index in [4.69, 9.17) is 14.0 Å². The second kappa shape index (κ2) is 7.68. The number of hydrogen-bond acceptors (Lipinski definition) is 6. The van der Waals surface area contributed by atoms with Gasteiger partial charge in [0.25, 0.3) is 5.71 Å². The first kappa shape index (κ1) is 20.6. The zero-order chi connectivity index (χ0) is 22.5. The normalized spacial score (nSPS) is 16.7. The van der Waals surface area contributed by atoms with E-state index in [9.17, 15) is 18.0 Å². The van der Waals surface area contributed by atoms with Gasteiger partial charge in [0, 0.05) is 24.7 Å². The fraction of sp³-hybridized carbons (Fsp3) is 0.409. The van der Waals surface area contributed by atoms with Gasteiger partial charge in [-0.2, -0.15) is 13.2 Å². The maximum absolute atomic E-state index is 13.6. The highest BCUT2D eigenvalue weighted by atomic mass is 19.4. The van der Waals surface area contributed by atoms with E-state index in [0.29, 0.717) is 37.4 Å². The smallest absolute Gasteiger partial charge is 0.417 e. The molecule has 32 heavy (non-hydrogen) atoms. The van der Waals surface area contributed by atoms with Gasteiger partial charge in [-0.05, 0) is 43.5 Å². The van der Waals surface area contributed by atoms with E-state index >= 15 is 0 Å². The number of pyridine rings is 1. The Morgan fingerprint density at radius 2 is 1.91 bits per heavy atom. The molecule has 3 aromatic rings. The number of carbonyl (C=O) groups is 1. The van der Waals surface area contributed by atoms with E-state index in [1.807, 2.05) is 6.07 Å². The van der Waals surface area contributed by atoms with Crippen LogP contribution in [0.3, 0.4) is 0 Å². The third kappa shape index (κ3) is 3.74. The van der Waals surface area contributed by atoms with Crippen molar-refractivity contribution in [2.24, 2.45) is 0 Å². The maximum Gasteiger partial charge on any atom is 0.417 e. The Morgan fingerprint density at radius 1 is 1.16 bits per heavy atom. The lowest BCUT2D eigenvalue weighted by Gasteiger charge is -2.31. The van der Waals surface area contributed by atoms with Crippen molar-refractivity contribution in [1.82, 2.24) is 15.0 Å². The lowest BCUT2D eigenvalue weighted by molar-refractivity contribution is -0.136. The first-order valence-corrected chi connectivity index (χ1v) is 10.3. The van der Waals surface area contributed by atoms with E-state index in [-0.39, 0.29) is 47.5 Å². The number of carbonyl (C=O) groups excluding carboxylic acids is 1. The van der Waals surface area contributed by atoms with Crippen molar-refractivity contribution in [1.29, 1.82) is 0 Å². The molecular formula is C22H20F3N3O4. The first-order valence-electron chi connectivity index (χ1n) is 10.3. The average molecular weight is 447 g/mol. The number of benzene rings is 1. The zero-order valence-corrected chi connectivity index (χ0v) is 17.2. The molecule has 168 valence electrons. The lowest BCUT2D eigenvalue weighted by atomic mass is 9.90. The van der Waals surface area contributed by atoms with Gasteiger partial charge in [-0.15, -0.1) is 0 Å². The number of likely N-dealkylation sites (tertiary alicyclic amines) is 1. The number of amides is 1. The van der Waals surface area contributed by atoms with Gasteiger partial charge in [0.2, 0.25) is 12.7 Å². The molecule has 1 aromatic carbocycles. The van der Waals surface area contributed by atoms with Gasteiger partial charge >= 0.3 is 6.18 Å². The summed E-state index contributed by atoms with van der Waals surface area (Å²) in [6.45, 7) is 2.52. The molecule has 0 N–H and O–H groups in total. The molecule has 0 aliphatic carbocycles. The van der Waals surface area contributed by atoms with Crippen LogP contribution in [0.25, 0.3) is 11.1 Å². The molecule has 2 aromatic heterocycles. The number of ether oxygens (including phenoxy) is 2. The fourth-order valence-electron chi connectivity index (χ4n) is 4.34. The molecule has 0 atom stereocenters. The molecule has 5 rings (SSSR count). The van der Waals surface area contributed by atoms with Crippen LogP contribution in [-0.2, 0) is 17.4 Å².